The van der Waals surface area contributed by atoms with Crippen molar-refractivity contribution >= 4 is 98.0 Å². The van der Waals surface area contributed by atoms with E-state index in [2.05, 4.69) is 68.1 Å². The molecule has 3 heterocycles. The SMILES string of the molecule is [TeH]C(CC1CS1)CC1C[Se]C[Se]C1CC([TeH])CC1CS1. The normalized spacial score (nSPS) is 39.3. The van der Waals surface area contributed by atoms with Crippen molar-refractivity contribution in [3.8, 4) is 0 Å². The van der Waals surface area contributed by atoms with E-state index in [4.69, 9.17) is 0 Å². The molecule has 116 valence electrons. The first-order valence-electron chi connectivity index (χ1n) is 7.49. The second kappa shape index (κ2) is 9.14. The van der Waals surface area contributed by atoms with Crippen molar-refractivity contribution in [1.82, 2.24) is 0 Å². The van der Waals surface area contributed by atoms with Crippen LogP contribution >= 0.6 is 23.5 Å². The van der Waals surface area contributed by atoms with Gasteiger partial charge in [0.2, 0.25) is 0 Å². The van der Waals surface area contributed by atoms with Crippen LogP contribution in [0.25, 0.3) is 0 Å². The van der Waals surface area contributed by atoms with Gasteiger partial charge in [-0.2, -0.15) is 0 Å². The molecule has 0 bridgehead atoms. The molecule has 0 aliphatic carbocycles. The van der Waals surface area contributed by atoms with Crippen LogP contribution in [-0.2, 0) is 0 Å². The fourth-order valence-electron chi connectivity index (χ4n) is 2.88. The van der Waals surface area contributed by atoms with E-state index in [0.29, 0.717) is 0 Å². The van der Waals surface area contributed by atoms with Crippen molar-refractivity contribution in [3.05, 3.63) is 0 Å². The van der Waals surface area contributed by atoms with E-state index in [-0.39, 0.29) is 0 Å². The molecule has 0 amide bonds. The number of thioether (sulfide) groups is 2. The molecule has 0 N–H and O–H groups in total. The predicted molar refractivity (Wildman–Crippen MR) is 101 cm³/mol. The monoisotopic (exact) mass is 676 g/mol. The Labute approximate surface area is 171 Å². The summed E-state index contributed by atoms with van der Waals surface area (Å²) in [7, 11) is 0. The molecule has 0 aromatic heterocycles. The van der Waals surface area contributed by atoms with Gasteiger partial charge in [0, 0.05) is 0 Å². The molecule has 6 unspecified atom stereocenters. The van der Waals surface area contributed by atoms with Crippen molar-refractivity contribution in [2.45, 2.75) is 58.5 Å². The molecule has 0 spiro atoms. The van der Waals surface area contributed by atoms with Crippen molar-refractivity contribution in [1.29, 1.82) is 0 Å². The molecule has 0 aromatic carbocycles. The molecule has 20 heavy (non-hydrogen) atoms. The number of hydrogen-bond donors (Lipinski definition) is 0. The van der Waals surface area contributed by atoms with E-state index in [9.17, 15) is 0 Å². The van der Waals surface area contributed by atoms with E-state index in [1.54, 1.807) is 35.2 Å². The van der Waals surface area contributed by atoms with Crippen molar-refractivity contribution in [2.24, 2.45) is 5.92 Å². The zero-order chi connectivity index (χ0) is 13.9. The Bertz CT molecular complexity index is 284. The molecule has 0 saturated carbocycles. The summed E-state index contributed by atoms with van der Waals surface area (Å²) in [5, 5.41) is 3.76. The summed E-state index contributed by atoms with van der Waals surface area (Å²) >= 11 is 10.7. The van der Waals surface area contributed by atoms with Crippen LogP contribution in [0, 0.1) is 5.92 Å². The molecule has 0 nitrogen and oxygen atoms in total. The van der Waals surface area contributed by atoms with Gasteiger partial charge in [0.15, 0.2) is 0 Å². The summed E-state index contributed by atoms with van der Waals surface area (Å²) in [4.78, 5) is 1.17. The van der Waals surface area contributed by atoms with Crippen LogP contribution < -0.4 is 0 Å². The first kappa shape index (κ1) is 18.1. The standard InChI is InChI=1S/C14H24S2Se2Te2/c19-12(2-10-5-15-10)1-9-7-17-8-18-14(9)4-13(20)3-11-6-16-11/h9-14,19-20H,1-8H2. The third kappa shape index (κ3) is 6.67. The minimum atomic E-state index is 1.00. The average molecular weight is 670 g/mol. The van der Waals surface area contributed by atoms with Crippen LogP contribution in [-0.4, -0.2) is 96.5 Å². The van der Waals surface area contributed by atoms with Crippen LogP contribution in [0.15, 0.2) is 0 Å². The van der Waals surface area contributed by atoms with Crippen LogP contribution in [0.3, 0.4) is 0 Å². The number of hydrogen-bond acceptors (Lipinski definition) is 2. The molecule has 3 fully saturated rings. The molecule has 0 radical (unpaired) electrons. The molecular formula is C14H24S2Se2Te2. The Morgan fingerprint density at radius 3 is 2.15 bits per heavy atom. The van der Waals surface area contributed by atoms with Crippen LogP contribution in [0.2, 0.25) is 22.3 Å². The fraction of sp³-hybridized carbons (Fsp3) is 1.00. The first-order chi connectivity index (χ1) is 9.70. The Hall–Kier alpha value is 3.32. The Morgan fingerprint density at radius 2 is 1.55 bits per heavy atom. The summed E-state index contributed by atoms with van der Waals surface area (Å²) in [5.74, 6) is 4.08. The molecular weight excluding hydrogens is 645 g/mol. The van der Waals surface area contributed by atoms with Gasteiger partial charge in [-0.05, 0) is 0 Å². The van der Waals surface area contributed by atoms with E-state index >= 15 is 0 Å². The zero-order valence-corrected chi connectivity index (χ0v) is 21.8. The molecule has 3 aliphatic heterocycles. The van der Waals surface area contributed by atoms with Gasteiger partial charge in [-0.1, -0.05) is 0 Å². The van der Waals surface area contributed by atoms with Gasteiger partial charge >= 0.3 is 174 Å². The average Bonchev–Trinajstić information content (AvgIpc) is 3.28. The van der Waals surface area contributed by atoms with Gasteiger partial charge in [-0.25, -0.2) is 0 Å². The summed E-state index contributed by atoms with van der Waals surface area (Å²) in [6.07, 6.45) is 6.28. The second-order valence-electron chi connectivity index (χ2n) is 6.11. The van der Waals surface area contributed by atoms with E-state index < -0.39 is 0 Å². The fourth-order valence-corrected chi connectivity index (χ4v) is 17.4. The van der Waals surface area contributed by atoms with Crippen molar-refractivity contribution in [2.75, 3.05) is 11.5 Å². The maximum atomic E-state index is 2.20. The van der Waals surface area contributed by atoms with Gasteiger partial charge in [0.1, 0.15) is 0 Å². The van der Waals surface area contributed by atoms with Gasteiger partial charge in [0.25, 0.3) is 0 Å². The number of rotatable bonds is 8. The zero-order valence-electron chi connectivity index (χ0n) is 11.6. The third-order valence-electron chi connectivity index (χ3n) is 4.18. The minimum absolute atomic E-state index is 1.00. The molecule has 3 saturated heterocycles. The molecule has 0 aromatic rings. The molecule has 3 rings (SSSR count). The van der Waals surface area contributed by atoms with Crippen LogP contribution in [0.1, 0.15) is 25.7 Å². The van der Waals surface area contributed by atoms with Gasteiger partial charge in [-0.15, -0.1) is 0 Å². The van der Waals surface area contributed by atoms with E-state index in [1.807, 2.05) is 0 Å². The first-order valence-corrected chi connectivity index (χ1v) is 17.2. The van der Waals surface area contributed by atoms with Crippen molar-refractivity contribution in [3.63, 3.8) is 0 Å². The van der Waals surface area contributed by atoms with Crippen molar-refractivity contribution < 1.29 is 0 Å². The van der Waals surface area contributed by atoms with Gasteiger partial charge in [0.05, 0.1) is 0 Å². The van der Waals surface area contributed by atoms with Gasteiger partial charge < -0.3 is 0 Å². The van der Waals surface area contributed by atoms with E-state index in [0.717, 1.165) is 54.3 Å². The van der Waals surface area contributed by atoms with E-state index in [1.165, 1.54) is 16.3 Å². The molecule has 6 heteroatoms. The summed E-state index contributed by atoms with van der Waals surface area (Å²) in [6.45, 7) is 0. The Balaban J connectivity index is 1.44. The van der Waals surface area contributed by atoms with Crippen LogP contribution in [0.5, 0.6) is 0 Å². The topological polar surface area (TPSA) is 0 Å². The van der Waals surface area contributed by atoms with Gasteiger partial charge in [-0.3, -0.25) is 0 Å². The molecule has 3 aliphatic rings. The molecule has 6 atom stereocenters. The maximum absolute atomic E-state index is 2.20. The summed E-state index contributed by atoms with van der Waals surface area (Å²) in [5.41, 5.74) is 0. The summed E-state index contributed by atoms with van der Waals surface area (Å²) < 4.78 is 3.76. The van der Waals surface area contributed by atoms with Crippen LogP contribution in [0.4, 0.5) is 0 Å². The second-order valence-corrected chi connectivity index (χ2v) is 19.5. The predicted octanol–water partition coefficient (Wildman–Crippen LogP) is 2.78. The Kier molecular flexibility index (Phi) is 8.28. The quantitative estimate of drug-likeness (QED) is 0.288. The Morgan fingerprint density at radius 1 is 0.950 bits per heavy atom. The third-order valence-corrected chi connectivity index (χ3v) is 16.0. The summed E-state index contributed by atoms with van der Waals surface area (Å²) in [6, 6.07) is 0.